The van der Waals surface area contributed by atoms with Gasteiger partial charge in [0.2, 0.25) is 0 Å². The van der Waals surface area contributed by atoms with Crippen LogP contribution < -0.4 is 5.32 Å². The van der Waals surface area contributed by atoms with E-state index in [0.717, 1.165) is 18.5 Å². The molecule has 3 nitrogen and oxygen atoms in total. The predicted octanol–water partition coefficient (Wildman–Crippen LogP) is 2.92. The summed E-state index contributed by atoms with van der Waals surface area (Å²) in [5.74, 6) is 0. The summed E-state index contributed by atoms with van der Waals surface area (Å²) in [5.41, 5.74) is 5.99. The fourth-order valence-electron chi connectivity index (χ4n) is 2.35. The van der Waals surface area contributed by atoms with Gasteiger partial charge in [0.1, 0.15) is 0 Å². The summed E-state index contributed by atoms with van der Waals surface area (Å²) in [6.45, 7) is 5.16. The van der Waals surface area contributed by atoms with Crippen molar-refractivity contribution in [3.05, 3.63) is 42.7 Å². The van der Waals surface area contributed by atoms with Gasteiger partial charge in [-0.15, -0.1) is 0 Å². The summed E-state index contributed by atoms with van der Waals surface area (Å²) in [4.78, 5) is 0. The second-order valence-corrected chi connectivity index (χ2v) is 4.41. The maximum absolute atomic E-state index is 4.23. The van der Waals surface area contributed by atoms with Crippen LogP contribution >= 0.6 is 0 Å². The number of benzene rings is 1. The number of fused-ring (bicyclic) bond motifs is 1. The van der Waals surface area contributed by atoms with Crippen LogP contribution in [0.4, 0.5) is 5.69 Å². The van der Waals surface area contributed by atoms with Crippen LogP contribution in [0, 0.1) is 0 Å². The zero-order valence-electron chi connectivity index (χ0n) is 9.90. The van der Waals surface area contributed by atoms with Crippen molar-refractivity contribution in [3.63, 3.8) is 0 Å². The molecule has 0 fully saturated rings. The third-order valence-corrected chi connectivity index (χ3v) is 3.18. The fourth-order valence-corrected chi connectivity index (χ4v) is 2.35. The molecule has 1 N–H and O–H groups in total. The van der Waals surface area contributed by atoms with Crippen molar-refractivity contribution in [1.82, 2.24) is 9.78 Å². The van der Waals surface area contributed by atoms with E-state index in [2.05, 4.69) is 35.2 Å². The minimum atomic E-state index is 0.975. The minimum Gasteiger partial charge on any atom is -0.384 e. The van der Waals surface area contributed by atoms with Crippen LogP contribution in [0.25, 0.3) is 16.7 Å². The highest BCUT2D eigenvalue weighted by Gasteiger charge is 2.17. The highest BCUT2D eigenvalue weighted by atomic mass is 15.2. The van der Waals surface area contributed by atoms with Crippen molar-refractivity contribution in [1.29, 1.82) is 0 Å². The van der Waals surface area contributed by atoms with Gasteiger partial charge < -0.3 is 5.32 Å². The van der Waals surface area contributed by atoms with E-state index < -0.39 is 0 Å². The number of hydrogen-bond acceptors (Lipinski definition) is 2. The molecule has 0 aliphatic carbocycles. The molecule has 0 atom stereocenters. The Kier molecular flexibility index (Phi) is 2.25. The van der Waals surface area contributed by atoms with Gasteiger partial charge in [-0.05, 0) is 23.6 Å². The van der Waals surface area contributed by atoms with E-state index in [9.17, 15) is 0 Å². The van der Waals surface area contributed by atoms with Gasteiger partial charge in [-0.3, -0.25) is 4.68 Å². The SMILES string of the molecule is C=C1CCNc2cccc(-c3cnn(C)c3)c21. The van der Waals surface area contributed by atoms with Crippen LogP contribution in [0.15, 0.2) is 37.2 Å². The Bertz CT molecular complexity index is 581. The van der Waals surface area contributed by atoms with Gasteiger partial charge in [-0.25, -0.2) is 0 Å². The summed E-state index contributed by atoms with van der Waals surface area (Å²) in [6, 6.07) is 6.32. The summed E-state index contributed by atoms with van der Waals surface area (Å²) >= 11 is 0. The topological polar surface area (TPSA) is 29.9 Å². The molecule has 3 rings (SSSR count). The molecule has 86 valence electrons. The smallest absolute Gasteiger partial charge is 0.0568 e. The molecule has 1 aromatic heterocycles. The molecule has 1 aliphatic rings. The van der Waals surface area contributed by atoms with Gasteiger partial charge in [0.25, 0.3) is 0 Å². The lowest BCUT2D eigenvalue weighted by Crippen LogP contribution is -2.11. The maximum atomic E-state index is 4.23. The van der Waals surface area contributed by atoms with Gasteiger partial charge >= 0.3 is 0 Å². The molecule has 2 aromatic rings. The molecule has 0 saturated carbocycles. The van der Waals surface area contributed by atoms with E-state index in [0.29, 0.717) is 0 Å². The molecule has 0 radical (unpaired) electrons. The van der Waals surface area contributed by atoms with Crippen molar-refractivity contribution in [3.8, 4) is 11.1 Å². The third-order valence-electron chi connectivity index (χ3n) is 3.18. The number of aryl methyl sites for hydroxylation is 1. The quantitative estimate of drug-likeness (QED) is 0.808. The van der Waals surface area contributed by atoms with E-state index in [4.69, 9.17) is 0 Å². The molecule has 0 bridgehead atoms. The molecule has 0 amide bonds. The average Bonchev–Trinajstić information content (AvgIpc) is 2.75. The van der Waals surface area contributed by atoms with Crippen LogP contribution in [-0.4, -0.2) is 16.3 Å². The fraction of sp³-hybridized carbons (Fsp3) is 0.214. The first kappa shape index (κ1) is 10.1. The normalized spacial score (nSPS) is 14.3. The lowest BCUT2D eigenvalue weighted by atomic mass is 9.91. The summed E-state index contributed by atoms with van der Waals surface area (Å²) in [5, 5.41) is 7.66. The largest absolute Gasteiger partial charge is 0.384 e. The van der Waals surface area contributed by atoms with Crippen LogP contribution in [0.1, 0.15) is 12.0 Å². The second-order valence-electron chi connectivity index (χ2n) is 4.41. The summed E-state index contributed by atoms with van der Waals surface area (Å²) < 4.78 is 1.83. The van der Waals surface area contributed by atoms with Crippen LogP contribution in [0.5, 0.6) is 0 Å². The van der Waals surface area contributed by atoms with Gasteiger partial charge in [0, 0.05) is 36.6 Å². The Labute approximate surface area is 101 Å². The number of anilines is 1. The monoisotopic (exact) mass is 225 g/mol. The number of nitrogens with zero attached hydrogens (tertiary/aromatic N) is 2. The van der Waals surface area contributed by atoms with Gasteiger partial charge in [-0.2, -0.15) is 5.10 Å². The lowest BCUT2D eigenvalue weighted by molar-refractivity contribution is 0.768. The zero-order valence-corrected chi connectivity index (χ0v) is 9.90. The number of hydrogen-bond donors (Lipinski definition) is 1. The van der Waals surface area contributed by atoms with Crippen LogP contribution in [0.3, 0.4) is 0 Å². The van der Waals surface area contributed by atoms with E-state index in [1.807, 2.05) is 24.1 Å². The predicted molar refractivity (Wildman–Crippen MR) is 70.8 cm³/mol. The number of nitrogens with one attached hydrogen (secondary N) is 1. The van der Waals surface area contributed by atoms with Crippen molar-refractivity contribution in [2.24, 2.45) is 7.05 Å². The Balaban J connectivity index is 2.20. The molecule has 17 heavy (non-hydrogen) atoms. The van der Waals surface area contributed by atoms with Gasteiger partial charge in [0.05, 0.1) is 6.20 Å². The first-order chi connectivity index (χ1) is 8.25. The van der Waals surface area contributed by atoms with E-state index in [-0.39, 0.29) is 0 Å². The average molecular weight is 225 g/mol. The molecular weight excluding hydrogens is 210 g/mol. The van der Waals surface area contributed by atoms with Crippen molar-refractivity contribution in [2.75, 3.05) is 11.9 Å². The third kappa shape index (κ3) is 1.64. The summed E-state index contributed by atoms with van der Waals surface area (Å²) in [7, 11) is 1.94. The van der Waals surface area contributed by atoms with Crippen molar-refractivity contribution < 1.29 is 0 Å². The second kappa shape index (κ2) is 3.77. The number of aromatic nitrogens is 2. The van der Waals surface area contributed by atoms with Crippen molar-refractivity contribution in [2.45, 2.75) is 6.42 Å². The molecule has 0 unspecified atom stereocenters. The molecule has 2 heterocycles. The molecule has 0 spiro atoms. The maximum Gasteiger partial charge on any atom is 0.0568 e. The highest BCUT2D eigenvalue weighted by molar-refractivity contribution is 5.89. The Morgan fingerprint density at radius 3 is 3.06 bits per heavy atom. The molecule has 3 heteroatoms. The Morgan fingerprint density at radius 1 is 1.41 bits per heavy atom. The highest BCUT2D eigenvalue weighted by Crippen LogP contribution is 2.37. The first-order valence-corrected chi connectivity index (χ1v) is 5.80. The van der Waals surface area contributed by atoms with E-state index in [1.165, 1.54) is 22.4 Å². The van der Waals surface area contributed by atoms with Gasteiger partial charge in [0.15, 0.2) is 0 Å². The molecule has 1 aliphatic heterocycles. The van der Waals surface area contributed by atoms with Crippen LogP contribution in [-0.2, 0) is 7.05 Å². The molecule has 1 aromatic carbocycles. The van der Waals surface area contributed by atoms with E-state index >= 15 is 0 Å². The van der Waals surface area contributed by atoms with E-state index in [1.54, 1.807) is 0 Å². The lowest BCUT2D eigenvalue weighted by Gasteiger charge is -2.22. The Hall–Kier alpha value is -2.03. The van der Waals surface area contributed by atoms with Crippen molar-refractivity contribution >= 4 is 11.3 Å². The number of rotatable bonds is 1. The standard InChI is InChI=1S/C14H15N3/c1-10-6-7-15-13-5-3-4-12(14(10)13)11-8-16-17(2)9-11/h3-5,8-9,15H,1,6-7H2,2H3. The van der Waals surface area contributed by atoms with Gasteiger partial charge in [-0.1, -0.05) is 18.7 Å². The first-order valence-electron chi connectivity index (χ1n) is 5.80. The molecular formula is C14H15N3. The Morgan fingerprint density at radius 2 is 2.29 bits per heavy atom. The van der Waals surface area contributed by atoms with Crippen LogP contribution in [0.2, 0.25) is 0 Å². The molecule has 0 saturated heterocycles. The minimum absolute atomic E-state index is 0.975. The summed E-state index contributed by atoms with van der Waals surface area (Å²) in [6.07, 6.45) is 4.94. The zero-order chi connectivity index (χ0) is 11.8.